The molecule has 1 aliphatic carbocycles. The van der Waals surface area contributed by atoms with Gasteiger partial charge in [0, 0.05) is 20.6 Å². The van der Waals surface area contributed by atoms with Crippen molar-refractivity contribution < 1.29 is 5.11 Å². The largest absolute Gasteiger partial charge is 0.387 e. The first-order valence-corrected chi connectivity index (χ1v) is 8.37. The van der Waals surface area contributed by atoms with Gasteiger partial charge in [0.25, 0.3) is 0 Å². The molecule has 0 saturated heterocycles. The first-order chi connectivity index (χ1) is 9.22. The first-order valence-electron chi connectivity index (χ1n) is 6.76. The Morgan fingerprint density at radius 1 is 1.21 bits per heavy atom. The highest BCUT2D eigenvalue weighted by atomic mass is 79.9. The number of halogens is 1. The van der Waals surface area contributed by atoms with Crippen molar-refractivity contribution in [1.29, 1.82) is 0 Å². The Hall–Kier alpha value is -0.640. The average molecular weight is 337 g/mol. The summed E-state index contributed by atoms with van der Waals surface area (Å²) in [7, 11) is 0. The minimum atomic E-state index is -0.370. The summed E-state index contributed by atoms with van der Waals surface area (Å²) in [6.45, 7) is 0. The van der Waals surface area contributed by atoms with Crippen LogP contribution in [0.1, 0.15) is 39.8 Å². The van der Waals surface area contributed by atoms with E-state index in [1.807, 2.05) is 12.1 Å². The van der Waals surface area contributed by atoms with Crippen molar-refractivity contribution in [2.45, 2.75) is 38.2 Å². The lowest BCUT2D eigenvalue weighted by Gasteiger charge is -2.08. The molecule has 2 aromatic rings. The second-order valence-electron chi connectivity index (χ2n) is 5.15. The molecule has 0 saturated carbocycles. The number of fused-ring (bicyclic) bond motifs is 1. The molecule has 0 amide bonds. The molecule has 1 aliphatic rings. The van der Waals surface area contributed by atoms with E-state index < -0.39 is 0 Å². The van der Waals surface area contributed by atoms with Crippen LogP contribution >= 0.6 is 27.3 Å². The van der Waals surface area contributed by atoms with Crippen LogP contribution < -0.4 is 0 Å². The van der Waals surface area contributed by atoms with E-state index in [2.05, 4.69) is 34.1 Å². The van der Waals surface area contributed by atoms with Crippen LogP contribution in [-0.2, 0) is 19.3 Å². The maximum absolute atomic E-state index is 10.4. The third-order valence-corrected chi connectivity index (χ3v) is 5.49. The fourth-order valence-corrected chi connectivity index (χ4v) is 4.36. The molecule has 0 spiro atoms. The Kier molecular flexibility index (Phi) is 4.06. The van der Waals surface area contributed by atoms with Gasteiger partial charge in [-0.2, -0.15) is 0 Å². The third kappa shape index (κ3) is 3.10. The summed E-state index contributed by atoms with van der Waals surface area (Å²) in [5.74, 6) is 0. The molecule has 1 N–H and O–H groups in total. The van der Waals surface area contributed by atoms with Crippen LogP contribution in [0.15, 0.2) is 34.8 Å². The molecule has 3 heteroatoms. The topological polar surface area (TPSA) is 20.2 Å². The van der Waals surface area contributed by atoms with Gasteiger partial charge in [-0.15, -0.1) is 11.3 Å². The zero-order valence-electron chi connectivity index (χ0n) is 10.7. The zero-order chi connectivity index (χ0) is 13.2. The quantitative estimate of drug-likeness (QED) is 0.863. The summed E-state index contributed by atoms with van der Waals surface area (Å²) in [4.78, 5) is 2.63. The van der Waals surface area contributed by atoms with Crippen molar-refractivity contribution in [3.8, 4) is 0 Å². The number of hydrogen-bond acceptors (Lipinski definition) is 2. The Labute approximate surface area is 126 Å². The Bertz CT molecular complexity index is 552. The summed E-state index contributed by atoms with van der Waals surface area (Å²) in [5.41, 5.74) is 2.65. The molecule has 0 bridgehead atoms. The van der Waals surface area contributed by atoms with Crippen molar-refractivity contribution in [3.63, 3.8) is 0 Å². The molecule has 19 heavy (non-hydrogen) atoms. The minimum absolute atomic E-state index is 0.370. The van der Waals surface area contributed by atoms with Crippen molar-refractivity contribution in [2.75, 3.05) is 0 Å². The van der Waals surface area contributed by atoms with Gasteiger partial charge in [0.1, 0.15) is 0 Å². The maximum atomic E-state index is 10.4. The molecule has 1 heterocycles. The predicted molar refractivity (Wildman–Crippen MR) is 83.8 cm³/mol. The lowest BCUT2D eigenvalue weighted by molar-refractivity contribution is 0.182. The van der Waals surface area contributed by atoms with E-state index in [1.54, 1.807) is 11.3 Å². The standard InChI is InChI=1S/C16H17BrOS/c17-13-6-3-4-11(8-13)9-14(18)16-10-12-5-1-2-7-15(12)19-16/h3-4,6,8,10,14,18H,1-2,5,7,9H2. The summed E-state index contributed by atoms with van der Waals surface area (Å²) >= 11 is 5.28. The van der Waals surface area contributed by atoms with Gasteiger partial charge in [-0.25, -0.2) is 0 Å². The number of aliphatic hydroxyl groups excluding tert-OH is 1. The van der Waals surface area contributed by atoms with Crippen LogP contribution in [0, 0.1) is 0 Å². The Morgan fingerprint density at radius 2 is 2.05 bits per heavy atom. The molecule has 0 radical (unpaired) electrons. The Morgan fingerprint density at radius 3 is 2.84 bits per heavy atom. The summed E-state index contributed by atoms with van der Waals surface area (Å²) < 4.78 is 1.07. The van der Waals surface area contributed by atoms with Crippen LogP contribution in [0.2, 0.25) is 0 Å². The van der Waals surface area contributed by atoms with E-state index in [9.17, 15) is 5.11 Å². The summed E-state index contributed by atoms with van der Waals surface area (Å²) in [6.07, 6.45) is 5.31. The molecule has 1 aromatic heterocycles. The van der Waals surface area contributed by atoms with Crippen molar-refractivity contribution in [3.05, 3.63) is 55.7 Å². The van der Waals surface area contributed by atoms with Gasteiger partial charge in [-0.3, -0.25) is 0 Å². The fraction of sp³-hybridized carbons (Fsp3) is 0.375. The van der Waals surface area contributed by atoms with E-state index in [4.69, 9.17) is 0 Å². The second kappa shape index (κ2) is 5.78. The van der Waals surface area contributed by atoms with E-state index in [-0.39, 0.29) is 6.10 Å². The SMILES string of the molecule is OC(Cc1cccc(Br)c1)c1cc2c(s1)CCCC2. The Balaban J connectivity index is 1.76. The van der Waals surface area contributed by atoms with Gasteiger partial charge in [0.15, 0.2) is 0 Å². The molecule has 1 aromatic carbocycles. The normalized spacial score (nSPS) is 16.1. The van der Waals surface area contributed by atoms with Crippen LogP contribution in [0.25, 0.3) is 0 Å². The van der Waals surface area contributed by atoms with Crippen molar-refractivity contribution >= 4 is 27.3 Å². The number of benzene rings is 1. The van der Waals surface area contributed by atoms with Crippen LogP contribution in [-0.4, -0.2) is 5.11 Å². The number of aliphatic hydroxyl groups is 1. The zero-order valence-corrected chi connectivity index (χ0v) is 13.1. The lowest BCUT2D eigenvalue weighted by atomic mass is 9.98. The third-order valence-electron chi connectivity index (χ3n) is 3.66. The highest BCUT2D eigenvalue weighted by Crippen LogP contribution is 2.34. The second-order valence-corrected chi connectivity index (χ2v) is 7.24. The van der Waals surface area contributed by atoms with Gasteiger partial charge in [-0.1, -0.05) is 28.1 Å². The van der Waals surface area contributed by atoms with Crippen molar-refractivity contribution in [1.82, 2.24) is 0 Å². The summed E-state index contributed by atoms with van der Waals surface area (Å²) in [5, 5.41) is 10.4. The van der Waals surface area contributed by atoms with Crippen molar-refractivity contribution in [2.24, 2.45) is 0 Å². The number of aryl methyl sites for hydroxylation is 2. The predicted octanol–water partition coefficient (Wildman–Crippen LogP) is 4.67. The van der Waals surface area contributed by atoms with Gasteiger partial charge < -0.3 is 5.11 Å². The molecule has 0 aliphatic heterocycles. The summed E-state index contributed by atoms with van der Waals surface area (Å²) in [6, 6.07) is 10.4. The minimum Gasteiger partial charge on any atom is -0.387 e. The highest BCUT2D eigenvalue weighted by Gasteiger charge is 2.17. The first kappa shape index (κ1) is 13.3. The van der Waals surface area contributed by atoms with E-state index >= 15 is 0 Å². The monoisotopic (exact) mass is 336 g/mol. The molecule has 3 rings (SSSR count). The fourth-order valence-electron chi connectivity index (χ4n) is 2.67. The smallest absolute Gasteiger partial charge is 0.0922 e. The molecule has 1 atom stereocenters. The number of rotatable bonds is 3. The number of hydrogen-bond donors (Lipinski definition) is 1. The highest BCUT2D eigenvalue weighted by molar-refractivity contribution is 9.10. The van der Waals surface area contributed by atoms with Crippen LogP contribution in [0.3, 0.4) is 0 Å². The van der Waals surface area contributed by atoms with Gasteiger partial charge in [-0.05, 0) is 55.0 Å². The molecule has 1 unspecified atom stereocenters. The number of thiophene rings is 1. The molecular weight excluding hydrogens is 320 g/mol. The van der Waals surface area contributed by atoms with Crippen LogP contribution in [0.4, 0.5) is 0 Å². The van der Waals surface area contributed by atoms with E-state index in [1.165, 1.54) is 41.7 Å². The van der Waals surface area contributed by atoms with Crippen LogP contribution in [0.5, 0.6) is 0 Å². The van der Waals surface area contributed by atoms with Gasteiger partial charge >= 0.3 is 0 Å². The molecule has 100 valence electrons. The molecule has 0 fully saturated rings. The van der Waals surface area contributed by atoms with Gasteiger partial charge in [0.05, 0.1) is 6.10 Å². The van der Waals surface area contributed by atoms with E-state index in [0.29, 0.717) is 6.42 Å². The lowest BCUT2D eigenvalue weighted by Crippen LogP contribution is -1.99. The maximum Gasteiger partial charge on any atom is 0.0922 e. The molecular formula is C16H17BrOS. The average Bonchev–Trinajstić information content (AvgIpc) is 2.82. The van der Waals surface area contributed by atoms with E-state index in [0.717, 1.165) is 9.35 Å². The van der Waals surface area contributed by atoms with Gasteiger partial charge in [0.2, 0.25) is 0 Å². The molecule has 1 nitrogen and oxygen atoms in total.